The number of pyridine rings is 1. The summed E-state index contributed by atoms with van der Waals surface area (Å²) in [6, 6.07) is 2.18. The molecule has 10 heteroatoms. The van der Waals surface area contributed by atoms with Gasteiger partial charge in [0.2, 0.25) is 5.95 Å². The minimum absolute atomic E-state index is 0.0463. The quantitative estimate of drug-likeness (QED) is 0.492. The van der Waals surface area contributed by atoms with Crippen molar-refractivity contribution in [1.82, 2.24) is 24.0 Å². The Labute approximate surface area is 200 Å². The van der Waals surface area contributed by atoms with Crippen LogP contribution >= 0.6 is 12.1 Å². The fraction of sp³-hybridized carbons (Fsp3) is 0.696. The molecule has 0 unspecified atom stereocenters. The maximum atomic E-state index is 11.7. The highest BCUT2D eigenvalue weighted by molar-refractivity contribution is 7.95. The van der Waals surface area contributed by atoms with Crippen molar-refractivity contribution in [1.29, 1.82) is 0 Å². The first-order valence-corrected chi connectivity index (χ1v) is 12.8. The summed E-state index contributed by atoms with van der Waals surface area (Å²) < 4.78 is 10.3. The largest absolute Gasteiger partial charge is 0.393 e. The van der Waals surface area contributed by atoms with Gasteiger partial charge in [0, 0.05) is 61.6 Å². The van der Waals surface area contributed by atoms with Crippen LogP contribution in [0.25, 0.3) is 11.0 Å². The summed E-state index contributed by atoms with van der Waals surface area (Å²) in [4.78, 5) is 23.2. The molecule has 4 heterocycles. The first-order chi connectivity index (χ1) is 16.0. The van der Waals surface area contributed by atoms with E-state index in [0.717, 1.165) is 57.4 Å². The number of rotatable bonds is 4. The van der Waals surface area contributed by atoms with E-state index in [1.807, 2.05) is 13.1 Å². The fourth-order valence-electron chi connectivity index (χ4n) is 3.99. The lowest BCUT2D eigenvalue weighted by Crippen LogP contribution is -2.37. The molecular weight excluding hydrogens is 440 g/mol. The third-order valence-corrected chi connectivity index (χ3v) is 6.74. The molecule has 2 aromatic heterocycles. The van der Waals surface area contributed by atoms with Crippen LogP contribution in [0.4, 0.5) is 5.95 Å². The summed E-state index contributed by atoms with van der Waals surface area (Å²) in [7, 11) is 1.93. The Kier molecular flexibility index (Phi) is 10.9. The van der Waals surface area contributed by atoms with Crippen molar-refractivity contribution in [3.63, 3.8) is 0 Å². The van der Waals surface area contributed by atoms with E-state index in [2.05, 4.69) is 29.3 Å². The molecule has 0 atom stereocenters. The van der Waals surface area contributed by atoms with Gasteiger partial charge in [-0.05, 0) is 58.6 Å². The second kappa shape index (κ2) is 13.9. The number of H-pyrrole nitrogens is 1. The second-order valence-corrected chi connectivity index (χ2v) is 9.79. The Hall–Kier alpha value is -1.72. The van der Waals surface area contributed by atoms with Crippen molar-refractivity contribution >= 4 is 29.1 Å². The Bertz CT molecular complexity index is 886. The van der Waals surface area contributed by atoms with Crippen molar-refractivity contribution in [2.75, 3.05) is 38.7 Å². The van der Waals surface area contributed by atoms with Crippen LogP contribution in [-0.4, -0.2) is 69.9 Å². The molecule has 3 aliphatic rings. The first-order valence-electron chi connectivity index (χ1n) is 12.0. The lowest BCUT2D eigenvalue weighted by molar-refractivity contribution is 0.183. The molecule has 0 bridgehead atoms. The lowest BCUT2D eigenvalue weighted by atomic mass is 10.1. The molecule has 5 rings (SSSR count). The predicted molar refractivity (Wildman–Crippen MR) is 134 cm³/mol. The molecule has 1 aliphatic carbocycles. The maximum absolute atomic E-state index is 11.7. The maximum Gasteiger partial charge on any atom is 0.252 e. The van der Waals surface area contributed by atoms with Crippen LogP contribution in [0.15, 0.2) is 17.1 Å². The molecule has 2 saturated heterocycles. The van der Waals surface area contributed by atoms with Gasteiger partial charge in [-0.2, -0.15) is 4.98 Å². The zero-order valence-corrected chi connectivity index (χ0v) is 20.6. The number of aromatic nitrogens is 3. The summed E-state index contributed by atoms with van der Waals surface area (Å²) >= 11 is 1.65. The van der Waals surface area contributed by atoms with Gasteiger partial charge in [0.15, 0.2) is 0 Å². The third-order valence-electron chi connectivity index (χ3n) is 5.94. The summed E-state index contributed by atoms with van der Waals surface area (Å²) in [5.41, 5.74) is 1.15. The van der Waals surface area contributed by atoms with Gasteiger partial charge in [-0.1, -0.05) is 12.8 Å². The molecular formula is C23H38N6O3S. The molecule has 1 saturated carbocycles. The number of hydrogen-bond donors (Lipinski definition) is 4. The van der Waals surface area contributed by atoms with Crippen molar-refractivity contribution in [3.8, 4) is 0 Å². The van der Waals surface area contributed by atoms with Crippen LogP contribution < -0.4 is 15.6 Å². The highest BCUT2D eigenvalue weighted by Crippen LogP contribution is 2.19. The monoisotopic (exact) mass is 478 g/mol. The molecule has 0 spiro atoms. The van der Waals surface area contributed by atoms with Gasteiger partial charge >= 0.3 is 0 Å². The minimum atomic E-state index is -0.102. The van der Waals surface area contributed by atoms with Crippen molar-refractivity contribution in [3.05, 3.63) is 28.2 Å². The van der Waals surface area contributed by atoms with Gasteiger partial charge in [-0.3, -0.25) is 9.52 Å². The number of hydrogen-bond acceptors (Lipinski definition) is 9. The Balaban J connectivity index is 0.000000226. The zero-order valence-electron chi connectivity index (χ0n) is 19.8. The molecule has 2 aromatic rings. The van der Waals surface area contributed by atoms with Crippen molar-refractivity contribution in [2.24, 2.45) is 0 Å². The van der Waals surface area contributed by atoms with E-state index in [1.165, 1.54) is 25.7 Å². The van der Waals surface area contributed by atoms with Crippen LogP contribution in [0.5, 0.6) is 0 Å². The average Bonchev–Trinajstić information content (AvgIpc) is 3.54. The third kappa shape index (κ3) is 8.86. The molecule has 4 N–H and O–H groups in total. The van der Waals surface area contributed by atoms with Gasteiger partial charge in [0.05, 0.1) is 6.10 Å². The van der Waals surface area contributed by atoms with E-state index in [0.29, 0.717) is 23.2 Å². The van der Waals surface area contributed by atoms with Gasteiger partial charge in [0.25, 0.3) is 5.56 Å². The molecule has 184 valence electrons. The smallest absolute Gasteiger partial charge is 0.252 e. The summed E-state index contributed by atoms with van der Waals surface area (Å²) in [5.74, 6) is 0.576. The molecule has 9 nitrogen and oxygen atoms in total. The van der Waals surface area contributed by atoms with E-state index in [-0.39, 0.29) is 11.7 Å². The lowest BCUT2D eigenvalue weighted by Gasteiger charge is -2.30. The standard InChI is InChI=1S/C14H20N6OS.C5H10O.C4H8O/c1-9-7-10-8-16-14(19-12(10)18-13(9)21)17-11-3-5-20(6-4-11)22-15-2;6-5-3-1-2-4-5;1-2-4-5-3-1/h7-8,11,15H,3-6H2,1-2H3,(H2,16,17,18,19,21);5-6H,1-4H2;1-4H2. The first kappa shape index (κ1) is 25.9. The Morgan fingerprint density at radius 3 is 2.39 bits per heavy atom. The highest BCUT2D eigenvalue weighted by Gasteiger charge is 2.20. The van der Waals surface area contributed by atoms with Gasteiger partial charge in [-0.15, -0.1) is 0 Å². The summed E-state index contributed by atoms with van der Waals surface area (Å²) in [5, 5.41) is 12.9. The number of nitrogens with zero attached hydrogens (tertiary/aromatic N) is 3. The number of aliphatic hydroxyl groups excluding tert-OH is 1. The molecule has 0 aromatic carbocycles. The highest BCUT2D eigenvalue weighted by atomic mass is 32.2. The number of ether oxygens (including phenoxy) is 1. The normalized spacial score (nSPS) is 19.6. The minimum Gasteiger partial charge on any atom is -0.393 e. The number of aryl methyl sites for hydroxylation is 1. The average molecular weight is 479 g/mol. The molecule has 3 fully saturated rings. The predicted octanol–water partition coefficient (Wildman–Crippen LogP) is 3.00. The van der Waals surface area contributed by atoms with Crippen LogP contribution in [0, 0.1) is 6.92 Å². The number of piperidine rings is 1. The van der Waals surface area contributed by atoms with Crippen LogP contribution in [0.3, 0.4) is 0 Å². The van der Waals surface area contributed by atoms with Crippen LogP contribution in [0.1, 0.15) is 56.9 Å². The summed E-state index contributed by atoms with van der Waals surface area (Å²) in [6.07, 6.45) is 11.0. The van der Waals surface area contributed by atoms with E-state index in [9.17, 15) is 4.79 Å². The van der Waals surface area contributed by atoms with E-state index in [4.69, 9.17) is 9.84 Å². The van der Waals surface area contributed by atoms with Crippen LogP contribution in [0.2, 0.25) is 0 Å². The fourth-order valence-corrected chi connectivity index (χ4v) is 4.64. The van der Waals surface area contributed by atoms with Gasteiger partial charge in [0.1, 0.15) is 5.65 Å². The SMILES string of the molecule is C1CCOC1.CNSN1CCC(Nc2ncc3cc(C)c(=O)[nH]c3n2)CC1.OC1CCCC1. The number of aromatic amines is 1. The van der Waals surface area contributed by atoms with Crippen molar-refractivity contribution < 1.29 is 9.84 Å². The number of aliphatic hydroxyl groups is 1. The second-order valence-electron chi connectivity index (χ2n) is 8.68. The molecule has 0 radical (unpaired) electrons. The number of nitrogens with one attached hydrogen (secondary N) is 3. The Morgan fingerprint density at radius 1 is 1.15 bits per heavy atom. The zero-order chi connectivity index (χ0) is 23.5. The van der Waals surface area contributed by atoms with E-state index >= 15 is 0 Å². The molecule has 2 aliphatic heterocycles. The van der Waals surface area contributed by atoms with E-state index < -0.39 is 0 Å². The topological polar surface area (TPSA) is 115 Å². The summed E-state index contributed by atoms with van der Waals surface area (Å²) in [6.45, 7) is 5.82. The molecule has 33 heavy (non-hydrogen) atoms. The Morgan fingerprint density at radius 2 is 1.85 bits per heavy atom. The van der Waals surface area contributed by atoms with Gasteiger partial charge in [-0.25, -0.2) is 9.29 Å². The van der Waals surface area contributed by atoms with Crippen LogP contribution in [-0.2, 0) is 4.74 Å². The van der Waals surface area contributed by atoms with E-state index in [1.54, 1.807) is 25.3 Å². The van der Waals surface area contributed by atoms with Crippen molar-refractivity contribution in [2.45, 2.75) is 70.4 Å². The van der Waals surface area contributed by atoms with Gasteiger partial charge < -0.3 is 20.1 Å². The molecule has 0 amide bonds. The number of fused-ring (bicyclic) bond motifs is 1. The number of anilines is 1.